The highest BCUT2D eigenvalue weighted by molar-refractivity contribution is 5.93. The fraction of sp³-hybridized carbons (Fsp3) is 0.348. The van der Waals surface area contributed by atoms with Crippen molar-refractivity contribution in [2.75, 3.05) is 39.8 Å². The third-order valence-electron chi connectivity index (χ3n) is 5.57. The molecule has 1 aromatic heterocycles. The number of amides is 1. The normalized spacial score (nSPS) is 16.1. The number of nitrogens with one attached hydrogen (secondary N) is 1. The number of fused-ring (bicyclic) bond motifs is 1. The van der Waals surface area contributed by atoms with Gasteiger partial charge in [-0.25, -0.2) is 9.97 Å². The molecule has 1 aliphatic heterocycles. The van der Waals surface area contributed by atoms with Gasteiger partial charge in [0.25, 0.3) is 5.91 Å². The number of aryl methyl sites for hydroxylation is 1. The highest BCUT2D eigenvalue weighted by atomic mass is 35.5. The third-order valence-corrected chi connectivity index (χ3v) is 5.57. The zero-order valence-corrected chi connectivity index (χ0v) is 18.2. The summed E-state index contributed by atoms with van der Waals surface area (Å²) in [5, 5.41) is 5.62. The van der Waals surface area contributed by atoms with Crippen LogP contribution in [0.5, 0.6) is 0 Å². The van der Waals surface area contributed by atoms with Gasteiger partial charge in [0.15, 0.2) is 0 Å². The van der Waals surface area contributed by atoms with E-state index in [1.54, 1.807) is 12.3 Å². The van der Waals surface area contributed by atoms with Crippen LogP contribution in [0.25, 0.3) is 10.8 Å². The van der Waals surface area contributed by atoms with E-state index in [1.807, 2.05) is 0 Å². The number of carbonyl (C=O) groups is 1. The number of benzene rings is 2. The van der Waals surface area contributed by atoms with Crippen molar-refractivity contribution in [1.29, 1.82) is 0 Å². The Bertz CT molecular complexity index is 989. The van der Waals surface area contributed by atoms with Crippen molar-refractivity contribution < 1.29 is 4.79 Å². The highest BCUT2D eigenvalue weighted by Gasteiger charge is 2.23. The van der Waals surface area contributed by atoms with Gasteiger partial charge in [-0.2, -0.15) is 0 Å². The Hall–Kier alpha value is -2.54. The fourth-order valence-electron chi connectivity index (χ4n) is 3.95. The average Bonchev–Trinajstić information content (AvgIpc) is 2.74. The summed E-state index contributed by atoms with van der Waals surface area (Å²) in [6.07, 6.45) is 3.01. The maximum Gasteiger partial charge on any atom is 0.270 e. The van der Waals surface area contributed by atoms with Crippen molar-refractivity contribution in [2.45, 2.75) is 13.0 Å². The molecule has 3 aromatic rings. The molecule has 2 aromatic carbocycles. The lowest BCUT2D eigenvalue weighted by Crippen LogP contribution is -2.48. The van der Waals surface area contributed by atoms with Crippen molar-refractivity contribution in [3.8, 4) is 0 Å². The first-order chi connectivity index (χ1) is 14.1. The van der Waals surface area contributed by atoms with Crippen molar-refractivity contribution in [2.24, 2.45) is 0 Å². The molecule has 0 unspecified atom stereocenters. The van der Waals surface area contributed by atoms with Crippen LogP contribution in [0.15, 0.2) is 55.0 Å². The molecule has 4 rings (SSSR count). The Morgan fingerprint density at radius 2 is 1.90 bits per heavy atom. The summed E-state index contributed by atoms with van der Waals surface area (Å²) in [5.41, 5.74) is 2.74. The standard InChI is InChI=1S/C23H27N5O.ClH/c1-17-13-18-5-3-4-6-19(18)20(14-17)22(15-28-11-9-27(2)10-12-28)26-23(29)21-7-8-24-16-25-21;/h3-8,13-14,16,22H,9-12,15H2,1-2H3,(H,26,29);1H/t22-;/m0./s1. The molecule has 30 heavy (non-hydrogen) atoms. The van der Waals surface area contributed by atoms with E-state index in [1.165, 1.54) is 22.7 Å². The Morgan fingerprint density at radius 1 is 1.13 bits per heavy atom. The quantitative estimate of drug-likeness (QED) is 0.680. The van der Waals surface area contributed by atoms with E-state index in [0.29, 0.717) is 5.69 Å². The van der Waals surface area contributed by atoms with Gasteiger partial charge in [-0.15, -0.1) is 12.4 Å². The number of piperazine rings is 1. The second-order valence-electron chi connectivity index (χ2n) is 7.80. The summed E-state index contributed by atoms with van der Waals surface area (Å²) in [5.74, 6) is -0.169. The molecule has 0 aliphatic carbocycles. The summed E-state index contributed by atoms with van der Waals surface area (Å²) in [6.45, 7) is 6.97. The molecule has 0 saturated carbocycles. The van der Waals surface area contributed by atoms with Crippen LogP contribution in [0.3, 0.4) is 0 Å². The van der Waals surface area contributed by atoms with Crippen LogP contribution in [0, 0.1) is 6.92 Å². The molecule has 1 N–H and O–H groups in total. The lowest BCUT2D eigenvalue weighted by molar-refractivity contribution is 0.0902. The van der Waals surface area contributed by atoms with Crippen molar-refractivity contribution in [3.05, 3.63) is 71.8 Å². The van der Waals surface area contributed by atoms with E-state index in [9.17, 15) is 4.79 Å². The Labute approximate surface area is 183 Å². The number of hydrogen-bond acceptors (Lipinski definition) is 5. The average molecular weight is 426 g/mol. The highest BCUT2D eigenvalue weighted by Crippen LogP contribution is 2.27. The van der Waals surface area contributed by atoms with Gasteiger partial charge < -0.3 is 10.2 Å². The van der Waals surface area contributed by atoms with E-state index >= 15 is 0 Å². The molecule has 158 valence electrons. The number of hydrogen-bond donors (Lipinski definition) is 1. The van der Waals surface area contributed by atoms with Gasteiger partial charge in [0.05, 0.1) is 6.04 Å². The zero-order valence-electron chi connectivity index (χ0n) is 17.4. The van der Waals surface area contributed by atoms with Crippen LogP contribution in [0.4, 0.5) is 0 Å². The second-order valence-corrected chi connectivity index (χ2v) is 7.80. The molecule has 0 spiro atoms. The Kier molecular flexibility index (Phi) is 7.37. The summed E-state index contributed by atoms with van der Waals surface area (Å²) >= 11 is 0. The van der Waals surface area contributed by atoms with Gasteiger partial charge in [0.1, 0.15) is 12.0 Å². The predicted octanol–water partition coefficient (Wildman–Crippen LogP) is 3.08. The lowest BCUT2D eigenvalue weighted by Gasteiger charge is -2.35. The minimum absolute atomic E-state index is 0. The monoisotopic (exact) mass is 425 g/mol. The van der Waals surface area contributed by atoms with Crippen LogP contribution in [0.2, 0.25) is 0 Å². The third kappa shape index (κ3) is 5.14. The summed E-state index contributed by atoms with van der Waals surface area (Å²) in [6, 6.07) is 14.3. The first-order valence-corrected chi connectivity index (χ1v) is 10.1. The van der Waals surface area contributed by atoms with Crippen molar-refractivity contribution in [1.82, 2.24) is 25.1 Å². The van der Waals surface area contributed by atoms with Crippen LogP contribution in [0.1, 0.15) is 27.7 Å². The van der Waals surface area contributed by atoms with E-state index < -0.39 is 0 Å². The van der Waals surface area contributed by atoms with Crippen LogP contribution >= 0.6 is 12.4 Å². The van der Waals surface area contributed by atoms with Crippen molar-refractivity contribution >= 4 is 29.1 Å². The number of nitrogens with zero attached hydrogens (tertiary/aromatic N) is 4. The molecule has 1 aliphatic rings. The summed E-state index contributed by atoms with van der Waals surface area (Å²) < 4.78 is 0. The topological polar surface area (TPSA) is 61.4 Å². The smallest absolute Gasteiger partial charge is 0.270 e. The molecule has 1 amide bonds. The van der Waals surface area contributed by atoms with Crippen LogP contribution in [-0.2, 0) is 0 Å². The molecule has 2 heterocycles. The molecule has 1 fully saturated rings. The maximum absolute atomic E-state index is 12.9. The SMILES string of the molecule is Cc1cc([C@H](CN2CCN(C)CC2)NC(=O)c2ccncn2)c2ccccc2c1.Cl. The van der Waals surface area contributed by atoms with E-state index in [0.717, 1.165) is 38.3 Å². The number of halogens is 1. The number of aromatic nitrogens is 2. The zero-order chi connectivity index (χ0) is 20.2. The van der Waals surface area contributed by atoms with Crippen LogP contribution < -0.4 is 5.32 Å². The fourth-order valence-corrected chi connectivity index (χ4v) is 3.95. The van der Waals surface area contributed by atoms with Gasteiger partial charge in [-0.3, -0.25) is 9.69 Å². The van der Waals surface area contributed by atoms with Gasteiger partial charge >= 0.3 is 0 Å². The lowest BCUT2D eigenvalue weighted by atomic mass is 9.95. The summed E-state index contributed by atoms with van der Waals surface area (Å²) in [7, 11) is 2.15. The molecule has 1 atom stereocenters. The Balaban J connectivity index is 0.00000256. The van der Waals surface area contributed by atoms with Crippen LogP contribution in [-0.4, -0.2) is 65.4 Å². The minimum Gasteiger partial charge on any atom is -0.343 e. The molecule has 6 nitrogen and oxygen atoms in total. The molecular weight excluding hydrogens is 398 g/mol. The van der Waals surface area contributed by atoms with Gasteiger partial charge in [0, 0.05) is 38.9 Å². The second kappa shape index (κ2) is 9.98. The first-order valence-electron chi connectivity index (χ1n) is 10.1. The molecule has 7 heteroatoms. The van der Waals surface area contributed by atoms with Gasteiger partial charge in [-0.1, -0.05) is 42.0 Å². The number of rotatable bonds is 5. The Morgan fingerprint density at radius 3 is 2.63 bits per heavy atom. The predicted molar refractivity (Wildman–Crippen MR) is 122 cm³/mol. The molecular formula is C23H28ClN5O. The van der Waals surface area contributed by atoms with Gasteiger partial charge in [0.2, 0.25) is 0 Å². The van der Waals surface area contributed by atoms with E-state index in [-0.39, 0.29) is 24.4 Å². The van der Waals surface area contributed by atoms with E-state index in [4.69, 9.17) is 0 Å². The minimum atomic E-state index is -0.169. The molecule has 1 saturated heterocycles. The van der Waals surface area contributed by atoms with Crippen molar-refractivity contribution in [3.63, 3.8) is 0 Å². The van der Waals surface area contributed by atoms with E-state index in [2.05, 4.69) is 75.5 Å². The largest absolute Gasteiger partial charge is 0.343 e. The summed E-state index contributed by atoms with van der Waals surface area (Å²) in [4.78, 5) is 25.7. The number of likely N-dealkylation sites (N-methyl/N-ethyl adjacent to an activating group) is 1. The first kappa shape index (κ1) is 22.2. The number of carbonyl (C=O) groups excluding carboxylic acids is 1. The van der Waals surface area contributed by atoms with Gasteiger partial charge in [-0.05, 0) is 36.4 Å². The molecule has 0 radical (unpaired) electrons. The molecule has 0 bridgehead atoms. The maximum atomic E-state index is 12.9.